The van der Waals surface area contributed by atoms with Crippen LogP contribution in [-0.4, -0.2) is 15.8 Å². The molecule has 0 aliphatic rings. The molecule has 0 fully saturated rings. The Labute approximate surface area is 180 Å². The van der Waals surface area contributed by atoms with E-state index in [-0.39, 0.29) is 11.3 Å². The molecule has 8 heteroatoms. The van der Waals surface area contributed by atoms with Gasteiger partial charge < -0.3 is 0 Å². The Bertz CT molecular complexity index is 1000. The van der Waals surface area contributed by atoms with Crippen LogP contribution in [0.15, 0.2) is 42.5 Å². The number of nitrogens with zero attached hydrogens (tertiary/aromatic N) is 2. The number of carbonyl (C=O) groups is 1. The van der Waals surface area contributed by atoms with Gasteiger partial charge in [0.2, 0.25) is 0 Å². The Morgan fingerprint density at radius 2 is 1.67 bits per heavy atom. The number of amides is 1. The number of rotatable bonds is 4. The first-order chi connectivity index (χ1) is 14.3. The van der Waals surface area contributed by atoms with Crippen LogP contribution in [0.3, 0.4) is 0 Å². The van der Waals surface area contributed by atoms with E-state index < -0.39 is 16.6 Å². The maximum atomic E-state index is 13.8. The number of hydrogen-bond acceptors (Lipinski definition) is 5. The number of non-ortho nitro benzene ring substituents is 1. The predicted molar refractivity (Wildman–Crippen MR) is 121 cm³/mol. The SMILES string of the molecule is CC.CC.Cc1ccc(F)c(C(=O)Nc2nc(C)c(-c3ccc([N+](=O)[O-])cc3)s2)c1. The number of carbonyl (C=O) groups excluding carboxylic acids is 1. The van der Waals surface area contributed by atoms with Gasteiger partial charge in [-0.05, 0) is 43.7 Å². The Morgan fingerprint density at radius 3 is 2.23 bits per heavy atom. The summed E-state index contributed by atoms with van der Waals surface area (Å²) in [5.74, 6) is -1.17. The molecular weight excluding hydrogens is 405 g/mol. The molecule has 0 radical (unpaired) electrons. The zero-order valence-corrected chi connectivity index (χ0v) is 18.8. The fourth-order valence-corrected chi connectivity index (χ4v) is 3.40. The molecule has 0 unspecified atom stereocenters. The normalized spacial score (nSPS) is 9.57. The fraction of sp³-hybridized carbons (Fsp3) is 0.273. The Hall–Kier alpha value is -3.13. The van der Waals surface area contributed by atoms with Gasteiger partial charge in [-0.3, -0.25) is 20.2 Å². The molecule has 3 rings (SSSR count). The standard InChI is InChI=1S/C18H14FN3O3S.2C2H6/c1-10-3-8-15(19)14(9-10)17(23)21-18-20-11(2)16(26-18)12-4-6-13(7-5-12)22(24)25;2*1-2/h3-9H,1-2H3,(H,20,21,23);2*1-2H3. The largest absolute Gasteiger partial charge is 0.298 e. The summed E-state index contributed by atoms with van der Waals surface area (Å²) in [6, 6.07) is 10.4. The van der Waals surface area contributed by atoms with Crippen LogP contribution in [-0.2, 0) is 0 Å². The third-order valence-electron chi connectivity index (χ3n) is 3.72. The van der Waals surface area contributed by atoms with Crippen LogP contribution in [0.4, 0.5) is 15.2 Å². The number of nitro groups is 1. The smallest absolute Gasteiger partial charge is 0.269 e. The van der Waals surface area contributed by atoms with Gasteiger partial charge in [0.05, 0.1) is 21.1 Å². The first-order valence-corrected chi connectivity index (χ1v) is 10.5. The number of aromatic nitrogens is 1. The summed E-state index contributed by atoms with van der Waals surface area (Å²) in [4.78, 5) is 27.7. The third kappa shape index (κ3) is 6.18. The molecule has 0 atom stereocenters. The lowest BCUT2D eigenvalue weighted by molar-refractivity contribution is -0.384. The minimum absolute atomic E-state index is 0.000586. The first-order valence-electron chi connectivity index (χ1n) is 9.65. The average Bonchev–Trinajstić information content (AvgIpc) is 3.12. The summed E-state index contributed by atoms with van der Waals surface area (Å²) >= 11 is 1.22. The lowest BCUT2D eigenvalue weighted by Crippen LogP contribution is -2.13. The predicted octanol–water partition coefficient (Wildman–Crippen LogP) is 6.78. The van der Waals surface area contributed by atoms with E-state index in [0.717, 1.165) is 16.0 Å². The van der Waals surface area contributed by atoms with Gasteiger partial charge in [-0.2, -0.15) is 0 Å². The van der Waals surface area contributed by atoms with E-state index in [1.165, 1.54) is 35.6 Å². The lowest BCUT2D eigenvalue weighted by atomic mass is 10.1. The monoisotopic (exact) mass is 431 g/mol. The third-order valence-corrected chi connectivity index (χ3v) is 4.85. The van der Waals surface area contributed by atoms with E-state index in [0.29, 0.717) is 10.8 Å². The van der Waals surface area contributed by atoms with Gasteiger partial charge in [0.1, 0.15) is 5.82 Å². The van der Waals surface area contributed by atoms with Crippen molar-refractivity contribution in [3.05, 3.63) is 75.2 Å². The minimum Gasteiger partial charge on any atom is -0.298 e. The molecule has 2 aromatic carbocycles. The Balaban J connectivity index is 0.00000106. The maximum absolute atomic E-state index is 13.8. The van der Waals surface area contributed by atoms with Crippen LogP contribution < -0.4 is 5.32 Å². The zero-order chi connectivity index (χ0) is 22.8. The number of hydrogen-bond donors (Lipinski definition) is 1. The van der Waals surface area contributed by atoms with Gasteiger partial charge in [0, 0.05) is 12.1 Å². The second-order valence-corrected chi connectivity index (χ2v) is 6.67. The van der Waals surface area contributed by atoms with Crippen molar-refractivity contribution in [2.75, 3.05) is 5.32 Å². The van der Waals surface area contributed by atoms with E-state index in [1.54, 1.807) is 32.0 Å². The van der Waals surface area contributed by atoms with Crippen molar-refractivity contribution >= 4 is 28.1 Å². The van der Waals surface area contributed by atoms with Crippen LogP contribution in [0.25, 0.3) is 10.4 Å². The van der Waals surface area contributed by atoms with E-state index >= 15 is 0 Å². The minimum atomic E-state index is -0.600. The summed E-state index contributed by atoms with van der Waals surface area (Å²) in [5.41, 5.74) is 2.16. The topological polar surface area (TPSA) is 85.1 Å². The molecule has 0 saturated heterocycles. The van der Waals surface area contributed by atoms with Gasteiger partial charge in [0.25, 0.3) is 11.6 Å². The van der Waals surface area contributed by atoms with Crippen LogP contribution >= 0.6 is 11.3 Å². The van der Waals surface area contributed by atoms with Crippen molar-refractivity contribution in [3.8, 4) is 10.4 Å². The van der Waals surface area contributed by atoms with Gasteiger partial charge in [0.15, 0.2) is 5.13 Å². The highest BCUT2D eigenvalue weighted by Gasteiger charge is 2.16. The highest BCUT2D eigenvalue weighted by atomic mass is 32.1. The van der Waals surface area contributed by atoms with Crippen molar-refractivity contribution in [2.24, 2.45) is 0 Å². The molecule has 1 amide bonds. The zero-order valence-electron chi connectivity index (χ0n) is 17.9. The summed E-state index contributed by atoms with van der Waals surface area (Å²) in [7, 11) is 0. The lowest BCUT2D eigenvalue weighted by Gasteiger charge is -2.04. The number of nitrogens with one attached hydrogen (secondary N) is 1. The van der Waals surface area contributed by atoms with E-state index in [2.05, 4.69) is 10.3 Å². The Morgan fingerprint density at radius 1 is 1.07 bits per heavy atom. The quantitative estimate of drug-likeness (QED) is 0.364. The number of nitro benzene ring substituents is 1. The molecule has 1 aromatic heterocycles. The van der Waals surface area contributed by atoms with Crippen molar-refractivity contribution in [1.82, 2.24) is 4.98 Å². The van der Waals surface area contributed by atoms with Crippen LogP contribution in [0, 0.1) is 29.8 Å². The summed E-state index contributed by atoms with van der Waals surface area (Å²) in [6.07, 6.45) is 0. The van der Waals surface area contributed by atoms with Crippen molar-refractivity contribution < 1.29 is 14.1 Å². The summed E-state index contributed by atoms with van der Waals surface area (Å²) in [5, 5.41) is 13.7. The van der Waals surface area contributed by atoms with Crippen molar-refractivity contribution in [3.63, 3.8) is 0 Å². The molecule has 0 saturated carbocycles. The number of halogens is 1. The van der Waals surface area contributed by atoms with Gasteiger partial charge in [-0.15, -0.1) is 0 Å². The number of anilines is 1. The van der Waals surface area contributed by atoms with Crippen molar-refractivity contribution in [2.45, 2.75) is 41.5 Å². The molecule has 0 spiro atoms. The molecule has 6 nitrogen and oxygen atoms in total. The van der Waals surface area contributed by atoms with Crippen molar-refractivity contribution in [1.29, 1.82) is 0 Å². The average molecular weight is 432 g/mol. The molecule has 160 valence electrons. The van der Waals surface area contributed by atoms with E-state index in [1.807, 2.05) is 27.7 Å². The number of benzene rings is 2. The second-order valence-electron chi connectivity index (χ2n) is 5.67. The van der Waals surface area contributed by atoms with Crippen LogP contribution in [0.1, 0.15) is 49.3 Å². The second kappa shape index (κ2) is 11.8. The van der Waals surface area contributed by atoms with Crippen LogP contribution in [0.5, 0.6) is 0 Å². The van der Waals surface area contributed by atoms with E-state index in [4.69, 9.17) is 0 Å². The molecular formula is C22H26FN3O3S. The maximum Gasteiger partial charge on any atom is 0.269 e. The molecule has 1 N–H and O–H groups in total. The molecule has 0 bridgehead atoms. The summed E-state index contributed by atoms with van der Waals surface area (Å²) in [6.45, 7) is 11.5. The first kappa shape index (κ1) is 24.9. The molecule has 1 heterocycles. The van der Waals surface area contributed by atoms with Gasteiger partial charge in [-0.25, -0.2) is 9.37 Å². The van der Waals surface area contributed by atoms with E-state index in [9.17, 15) is 19.3 Å². The van der Waals surface area contributed by atoms with Gasteiger partial charge in [-0.1, -0.05) is 50.7 Å². The van der Waals surface area contributed by atoms with Gasteiger partial charge >= 0.3 is 0 Å². The summed E-state index contributed by atoms with van der Waals surface area (Å²) < 4.78 is 13.8. The number of aryl methyl sites for hydroxylation is 2. The fourth-order valence-electron chi connectivity index (χ4n) is 2.43. The molecule has 30 heavy (non-hydrogen) atoms. The highest BCUT2D eigenvalue weighted by molar-refractivity contribution is 7.19. The number of thiazole rings is 1. The van der Waals surface area contributed by atoms with Crippen LogP contribution in [0.2, 0.25) is 0 Å². The molecule has 3 aromatic rings. The molecule has 0 aliphatic carbocycles. The molecule has 0 aliphatic heterocycles. The Kier molecular flexibility index (Phi) is 9.77. The highest BCUT2D eigenvalue weighted by Crippen LogP contribution is 2.33.